The molecular weight excluding hydrogens is 325 g/mol. The molecule has 0 atom stereocenters. The van der Waals surface area contributed by atoms with Gasteiger partial charge < -0.3 is 15.2 Å². The average Bonchev–Trinajstić information content (AvgIpc) is 2.55. The van der Waals surface area contributed by atoms with Gasteiger partial charge in [-0.25, -0.2) is 4.39 Å². The minimum Gasteiger partial charge on any atom is -0.484 e. The molecule has 6 heteroatoms. The quantitative estimate of drug-likeness (QED) is 0.804. The number of aliphatic carboxylic acids is 1. The maximum atomic E-state index is 13.8. The van der Waals surface area contributed by atoms with Gasteiger partial charge >= 0.3 is 5.97 Å². The molecule has 0 fully saturated rings. The number of halogens is 1. The van der Waals surface area contributed by atoms with Crippen LogP contribution in [0.1, 0.15) is 30.9 Å². The molecule has 2 aromatic carbocycles. The number of carboxylic acid groups (broad SMARTS) is 1. The van der Waals surface area contributed by atoms with Gasteiger partial charge in [-0.3, -0.25) is 9.59 Å². The van der Waals surface area contributed by atoms with E-state index in [-0.39, 0.29) is 17.9 Å². The van der Waals surface area contributed by atoms with Gasteiger partial charge in [0.1, 0.15) is 11.6 Å². The van der Waals surface area contributed by atoms with E-state index in [1.54, 1.807) is 12.1 Å². The number of rotatable bonds is 7. The van der Waals surface area contributed by atoms with Crippen molar-refractivity contribution in [2.45, 2.75) is 26.2 Å². The van der Waals surface area contributed by atoms with Crippen LogP contribution < -0.4 is 10.1 Å². The average molecular weight is 345 g/mol. The highest BCUT2D eigenvalue weighted by molar-refractivity contribution is 5.91. The molecule has 0 unspecified atom stereocenters. The van der Waals surface area contributed by atoms with Crippen molar-refractivity contribution < 1.29 is 23.8 Å². The highest BCUT2D eigenvalue weighted by Crippen LogP contribution is 2.19. The molecule has 0 spiro atoms. The predicted octanol–water partition coefficient (Wildman–Crippen LogP) is 3.59. The number of anilines is 1. The summed E-state index contributed by atoms with van der Waals surface area (Å²) in [5, 5.41) is 11.2. The molecule has 5 nitrogen and oxygen atoms in total. The van der Waals surface area contributed by atoms with E-state index in [1.165, 1.54) is 17.7 Å². The standard InChI is InChI=1S/C19H20FNO4/c1-12(2)13-4-7-16(8-5-13)25-11-18(22)21-15-6-3-14(9-19(23)24)17(20)10-15/h3-8,10,12H,9,11H2,1-2H3,(H,21,22)(H,23,24). The van der Waals surface area contributed by atoms with Crippen LogP contribution in [-0.2, 0) is 16.0 Å². The van der Waals surface area contributed by atoms with Crippen molar-refractivity contribution in [3.63, 3.8) is 0 Å². The molecule has 0 aliphatic heterocycles. The minimum atomic E-state index is -1.12. The number of benzene rings is 2. The van der Waals surface area contributed by atoms with Crippen molar-refractivity contribution in [2.24, 2.45) is 0 Å². The first-order chi connectivity index (χ1) is 11.8. The Labute approximate surface area is 145 Å². The molecule has 1 amide bonds. The number of carbonyl (C=O) groups excluding carboxylic acids is 1. The van der Waals surface area contributed by atoms with Crippen molar-refractivity contribution in [3.05, 3.63) is 59.4 Å². The van der Waals surface area contributed by atoms with Crippen molar-refractivity contribution >= 4 is 17.6 Å². The van der Waals surface area contributed by atoms with Gasteiger partial charge in [0.05, 0.1) is 6.42 Å². The van der Waals surface area contributed by atoms with Gasteiger partial charge in [-0.2, -0.15) is 0 Å². The van der Waals surface area contributed by atoms with Gasteiger partial charge in [0, 0.05) is 5.69 Å². The summed E-state index contributed by atoms with van der Waals surface area (Å²) in [7, 11) is 0. The first kappa shape index (κ1) is 18.4. The SMILES string of the molecule is CC(C)c1ccc(OCC(=O)Nc2ccc(CC(=O)O)c(F)c2)cc1. The van der Waals surface area contributed by atoms with Gasteiger partial charge in [-0.05, 0) is 41.3 Å². The lowest BCUT2D eigenvalue weighted by atomic mass is 10.0. The second-order valence-electron chi connectivity index (χ2n) is 5.94. The molecule has 0 saturated heterocycles. The molecule has 132 valence electrons. The van der Waals surface area contributed by atoms with Gasteiger partial charge in [-0.15, -0.1) is 0 Å². The van der Waals surface area contributed by atoms with E-state index in [9.17, 15) is 14.0 Å². The fourth-order valence-electron chi connectivity index (χ4n) is 2.23. The summed E-state index contributed by atoms with van der Waals surface area (Å²) < 4.78 is 19.2. The Morgan fingerprint density at radius 3 is 2.40 bits per heavy atom. The highest BCUT2D eigenvalue weighted by Gasteiger charge is 2.10. The smallest absolute Gasteiger partial charge is 0.307 e. The molecule has 2 rings (SSSR count). The normalized spacial score (nSPS) is 10.6. The van der Waals surface area contributed by atoms with E-state index in [4.69, 9.17) is 9.84 Å². The maximum absolute atomic E-state index is 13.8. The van der Waals surface area contributed by atoms with E-state index in [1.807, 2.05) is 12.1 Å². The molecule has 0 aromatic heterocycles. The third-order valence-electron chi connectivity index (χ3n) is 3.60. The molecule has 0 aliphatic carbocycles. The summed E-state index contributed by atoms with van der Waals surface area (Å²) in [6, 6.07) is 11.4. The van der Waals surface area contributed by atoms with Gasteiger partial charge in [0.15, 0.2) is 6.61 Å². The Bertz CT molecular complexity index is 757. The van der Waals surface area contributed by atoms with Crippen LogP contribution in [0.3, 0.4) is 0 Å². The number of carbonyl (C=O) groups is 2. The van der Waals surface area contributed by atoms with Crippen LogP contribution in [0.15, 0.2) is 42.5 Å². The summed E-state index contributed by atoms with van der Waals surface area (Å²) in [4.78, 5) is 22.5. The summed E-state index contributed by atoms with van der Waals surface area (Å²) in [5.74, 6) is -1.24. The molecule has 0 aliphatic rings. The fraction of sp³-hybridized carbons (Fsp3) is 0.263. The monoisotopic (exact) mass is 345 g/mol. The molecule has 0 bridgehead atoms. The van der Waals surface area contributed by atoms with E-state index >= 15 is 0 Å². The zero-order chi connectivity index (χ0) is 18.4. The molecule has 2 N–H and O–H groups in total. The van der Waals surface area contributed by atoms with E-state index < -0.39 is 24.1 Å². The van der Waals surface area contributed by atoms with E-state index in [0.29, 0.717) is 11.7 Å². The van der Waals surface area contributed by atoms with Crippen molar-refractivity contribution in [1.29, 1.82) is 0 Å². The molecule has 2 aromatic rings. The number of ether oxygens (including phenoxy) is 1. The first-order valence-corrected chi connectivity index (χ1v) is 7.88. The Hall–Kier alpha value is -2.89. The number of amides is 1. The number of carboxylic acids is 1. The van der Waals surface area contributed by atoms with E-state index in [0.717, 1.165) is 6.07 Å². The van der Waals surface area contributed by atoms with Gasteiger partial charge in [0.25, 0.3) is 5.91 Å². The lowest BCUT2D eigenvalue weighted by Crippen LogP contribution is -2.20. The Morgan fingerprint density at radius 2 is 1.84 bits per heavy atom. The van der Waals surface area contributed by atoms with Crippen LogP contribution >= 0.6 is 0 Å². The number of hydrogen-bond donors (Lipinski definition) is 2. The molecule has 25 heavy (non-hydrogen) atoms. The zero-order valence-corrected chi connectivity index (χ0v) is 14.1. The van der Waals surface area contributed by atoms with E-state index in [2.05, 4.69) is 19.2 Å². The summed E-state index contributed by atoms with van der Waals surface area (Å²) in [5.41, 5.74) is 1.48. The lowest BCUT2D eigenvalue weighted by Gasteiger charge is -2.10. The third kappa shape index (κ3) is 5.60. The second kappa shape index (κ2) is 8.28. The molecular formula is C19H20FNO4. The van der Waals surface area contributed by atoms with Crippen LogP contribution in [0.2, 0.25) is 0 Å². The van der Waals surface area contributed by atoms with Crippen LogP contribution in [0.5, 0.6) is 5.75 Å². The Kier molecular flexibility index (Phi) is 6.11. The third-order valence-corrected chi connectivity index (χ3v) is 3.60. The van der Waals surface area contributed by atoms with Crippen LogP contribution in [-0.4, -0.2) is 23.6 Å². The summed E-state index contributed by atoms with van der Waals surface area (Å²) in [6.45, 7) is 3.97. The van der Waals surface area contributed by atoms with Crippen molar-refractivity contribution in [2.75, 3.05) is 11.9 Å². The minimum absolute atomic E-state index is 0.0620. The highest BCUT2D eigenvalue weighted by atomic mass is 19.1. The van der Waals surface area contributed by atoms with Crippen molar-refractivity contribution in [1.82, 2.24) is 0 Å². The maximum Gasteiger partial charge on any atom is 0.307 e. The van der Waals surface area contributed by atoms with Gasteiger partial charge in [0.2, 0.25) is 0 Å². The summed E-state index contributed by atoms with van der Waals surface area (Å²) >= 11 is 0. The predicted molar refractivity (Wildman–Crippen MR) is 92.4 cm³/mol. The topological polar surface area (TPSA) is 75.6 Å². The van der Waals surface area contributed by atoms with Crippen molar-refractivity contribution in [3.8, 4) is 5.75 Å². The molecule has 0 heterocycles. The summed E-state index contributed by atoms with van der Waals surface area (Å²) in [6.07, 6.45) is -0.407. The van der Waals surface area contributed by atoms with Crippen LogP contribution in [0, 0.1) is 5.82 Å². The molecule has 0 radical (unpaired) electrons. The van der Waals surface area contributed by atoms with Crippen LogP contribution in [0.4, 0.5) is 10.1 Å². The lowest BCUT2D eigenvalue weighted by molar-refractivity contribution is -0.136. The Balaban J connectivity index is 1.89. The largest absolute Gasteiger partial charge is 0.484 e. The Morgan fingerprint density at radius 1 is 1.16 bits per heavy atom. The second-order valence-corrected chi connectivity index (χ2v) is 5.94. The fourth-order valence-corrected chi connectivity index (χ4v) is 2.23. The number of hydrogen-bond acceptors (Lipinski definition) is 3. The van der Waals surface area contributed by atoms with Crippen LogP contribution in [0.25, 0.3) is 0 Å². The number of nitrogens with one attached hydrogen (secondary N) is 1. The van der Waals surface area contributed by atoms with Gasteiger partial charge in [-0.1, -0.05) is 32.0 Å². The molecule has 0 saturated carbocycles. The zero-order valence-electron chi connectivity index (χ0n) is 14.1. The first-order valence-electron chi connectivity index (χ1n) is 7.88.